The van der Waals surface area contributed by atoms with Crippen LogP contribution >= 0.6 is 11.6 Å². The number of dihydropyridines is 1. The second-order valence-corrected chi connectivity index (χ2v) is 13.7. The summed E-state index contributed by atoms with van der Waals surface area (Å²) < 4.78 is 82.4. The van der Waals surface area contributed by atoms with Gasteiger partial charge in [0.15, 0.2) is 19.7 Å². The smallest absolute Gasteiger partial charge is 0.338 e. The van der Waals surface area contributed by atoms with Crippen LogP contribution in [0.25, 0.3) is 0 Å². The van der Waals surface area contributed by atoms with Gasteiger partial charge in [0.25, 0.3) is 0 Å². The summed E-state index contributed by atoms with van der Waals surface area (Å²) >= 11 is 6.31. The van der Waals surface area contributed by atoms with E-state index in [0.29, 0.717) is 5.75 Å². The molecule has 2 aliphatic rings. The predicted octanol–water partition coefficient (Wildman–Crippen LogP) is 2.90. The van der Waals surface area contributed by atoms with Gasteiger partial charge >= 0.3 is 11.9 Å². The van der Waals surface area contributed by atoms with Crippen LogP contribution in [0, 0.1) is 5.82 Å². The van der Waals surface area contributed by atoms with Crippen molar-refractivity contribution in [1.82, 2.24) is 5.32 Å². The van der Waals surface area contributed by atoms with Crippen LogP contribution in [0.1, 0.15) is 28.8 Å². The fraction of sp³-hybridized carbons (Fsp3) is 0.308. The lowest BCUT2D eigenvalue weighted by atomic mass is 9.86. The van der Waals surface area contributed by atoms with Crippen LogP contribution in [0.15, 0.2) is 64.3 Å². The van der Waals surface area contributed by atoms with Crippen molar-refractivity contribution in [3.63, 3.8) is 0 Å². The van der Waals surface area contributed by atoms with Crippen molar-refractivity contribution in [3.8, 4) is 5.75 Å². The first-order valence-corrected chi connectivity index (χ1v) is 15.8. The lowest BCUT2D eigenvalue weighted by Crippen LogP contribution is -2.34. The van der Waals surface area contributed by atoms with Crippen molar-refractivity contribution in [3.05, 3.63) is 86.3 Å². The lowest BCUT2D eigenvalue weighted by Gasteiger charge is -2.31. The molecule has 0 spiro atoms. The number of nitrogens with one attached hydrogen (secondary N) is 1. The molecule has 0 amide bonds. The minimum Gasteiger partial charge on any atom is -0.497 e. The van der Waals surface area contributed by atoms with Gasteiger partial charge in [-0.25, -0.2) is 30.8 Å². The summed E-state index contributed by atoms with van der Waals surface area (Å²) in [6, 6.07) is 9.94. The van der Waals surface area contributed by atoms with Crippen molar-refractivity contribution in [1.29, 1.82) is 0 Å². The third kappa shape index (κ3) is 6.16. The van der Waals surface area contributed by atoms with Gasteiger partial charge < -0.3 is 19.5 Å². The van der Waals surface area contributed by atoms with Gasteiger partial charge in [-0.05, 0) is 37.3 Å². The van der Waals surface area contributed by atoms with E-state index in [4.69, 9.17) is 25.8 Å². The average Bonchev–Trinajstić information content (AvgIpc) is 2.98. The highest BCUT2D eigenvalue weighted by molar-refractivity contribution is 7.98. The van der Waals surface area contributed by atoms with Crippen molar-refractivity contribution < 1.29 is 45.0 Å². The maximum Gasteiger partial charge on any atom is 0.338 e. The number of rotatable bonds is 7. The zero-order valence-electron chi connectivity index (χ0n) is 21.4. The van der Waals surface area contributed by atoms with Crippen molar-refractivity contribution >= 4 is 43.2 Å². The SMILES string of the molecule is COc1cccc(C(=O)OCCOC(=O)C2=C(C)NC3=C(C2c2c(F)cccc2Cl)S(=O)(=O)CCS(=O)(=O)C3)c1. The first kappa shape index (κ1) is 29.6. The standard InChI is InChI=1S/C26H25ClFNO9S2/c1-15-21(26(31)38-10-9-37-25(30)16-5-3-6-17(13-16)36-2)23(22-18(27)7-4-8-19(22)28)24-20(29-15)14-39(32,33)11-12-40(24,34)35/h3-8,13,23,29H,9-12,14H2,1-2H3. The summed E-state index contributed by atoms with van der Waals surface area (Å²) in [4.78, 5) is 25.2. The van der Waals surface area contributed by atoms with Crippen LogP contribution in [0.2, 0.25) is 5.02 Å². The number of esters is 2. The minimum atomic E-state index is -4.29. The van der Waals surface area contributed by atoms with E-state index >= 15 is 4.39 Å². The number of methoxy groups -OCH3 is 1. The van der Waals surface area contributed by atoms with Crippen LogP contribution in [0.3, 0.4) is 0 Å². The molecule has 2 aromatic carbocycles. The summed E-state index contributed by atoms with van der Waals surface area (Å²) in [6.45, 7) is 0.669. The molecule has 40 heavy (non-hydrogen) atoms. The Morgan fingerprint density at radius 1 is 1.02 bits per heavy atom. The molecule has 1 N–H and O–H groups in total. The molecule has 0 aromatic heterocycles. The topological polar surface area (TPSA) is 142 Å². The molecule has 1 unspecified atom stereocenters. The Kier molecular flexibility index (Phi) is 8.57. The number of allylic oxidation sites excluding steroid dienone is 2. The van der Waals surface area contributed by atoms with E-state index in [0.717, 1.165) is 6.07 Å². The van der Waals surface area contributed by atoms with E-state index in [-0.39, 0.29) is 39.7 Å². The highest BCUT2D eigenvalue weighted by atomic mass is 35.5. The highest BCUT2D eigenvalue weighted by Crippen LogP contribution is 2.45. The number of hydrogen-bond donors (Lipinski definition) is 1. The molecule has 4 rings (SSSR count). The maximum atomic E-state index is 15.2. The van der Waals surface area contributed by atoms with Crippen molar-refractivity contribution in [2.45, 2.75) is 12.8 Å². The van der Waals surface area contributed by atoms with E-state index in [2.05, 4.69) is 5.32 Å². The number of ether oxygens (including phenoxy) is 3. The Balaban J connectivity index is 1.63. The first-order chi connectivity index (χ1) is 18.8. The molecule has 0 saturated carbocycles. The van der Waals surface area contributed by atoms with Gasteiger partial charge in [0, 0.05) is 22.0 Å². The Morgan fingerprint density at radius 3 is 2.38 bits per heavy atom. The number of halogens is 2. The van der Waals surface area contributed by atoms with Crippen molar-refractivity contribution in [2.24, 2.45) is 0 Å². The van der Waals surface area contributed by atoms with Gasteiger partial charge in [-0.2, -0.15) is 0 Å². The summed E-state index contributed by atoms with van der Waals surface area (Å²) in [7, 11) is -6.67. The van der Waals surface area contributed by atoms with Crippen LogP contribution in [-0.2, 0) is 33.9 Å². The molecule has 2 aromatic rings. The molecule has 14 heteroatoms. The second kappa shape index (κ2) is 11.6. The number of carbonyl (C=O) groups is 2. The molecular weight excluding hydrogens is 589 g/mol. The monoisotopic (exact) mass is 613 g/mol. The second-order valence-electron chi connectivity index (χ2n) is 8.99. The quantitative estimate of drug-likeness (QED) is 0.366. The van der Waals surface area contributed by atoms with Gasteiger partial charge in [-0.3, -0.25) is 0 Å². The van der Waals surface area contributed by atoms with Gasteiger partial charge in [0.2, 0.25) is 0 Å². The fourth-order valence-electron chi connectivity index (χ4n) is 4.50. The molecule has 0 fully saturated rings. The Bertz CT molecular complexity index is 1630. The number of benzene rings is 2. The van der Waals surface area contributed by atoms with E-state index in [1.807, 2.05) is 0 Å². The lowest BCUT2D eigenvalue weighted by molar-refractivity contribution is -0.140. The third-order valence-corrected chi connectivity index (χ3v) is 10.4. The summed E-state index contributed by atoms with van der Waals surface area (Å²) in [5.74, 6) is -5.78. The Hall–Kier alpha value is -3.42. The number of hydrogen-bond acceptors (Lipinski definition) is 10. The predicted molar refractivity (Wildman–Crippen MR) is 144 cm³/mol. The van der Waals surface area contributed by atoms with Gasteiger partial charge in [-0.15, -0.1) is 0 Å². The fourth-order valence-corrected chi connectivity index (χ4v) is 8.89. The third-order valence-electron chi connectivity index (χ3n) is 6.32. The van der Waals surface area contributed by atoms with E-state index in [9.17, 15) is 26.4 Å². The Morgan fingerprint density at radius 2 is 1.70 bits per heavy atom. The zero-order valence-corrected chi connectivity index (χ0v) is 23.8. The van der Waals surface area contributed by atoms with E-state index < -0.39 is 72.1 Å². The molecular formula is C26H25ClFNO9S2. The molecule has 214 valence electrons. The van der Waals surface area contributed by atoms with Gasteiger partial charge in [0.1, 0.15) is 24.8 Å². The number of carbonyl (C=O) groups excluding carboxylic acids is 2. The normalized spacial score (nSPS) is 19.6. The molecule has 2 heterocycles. The number of sulfone groups is 2. The minimum absolute atomic E-state index is 0.0637. The molecule has 0 bridgehead atoms. The van der Waals surface area contributed by atoms with E-state index in [1.165, 1.54) is 38.3 Å². The molecule has 2 aliphatic heterocycles. The summed E-state index contributed by atoms with van der Waals surface area (Å²) in [5.41, 5.74) is -0.482. The molecule has 0 saturated heterocycles. The highest BCUT2D eigenvalue weighted by Gasteiger charge is 2.45. The molecule has 10 nitrogen and oxygen atoms in total. The molecule has 0 radical (unpaired) electrons. The average molecular weight is 614 g/mol. The van der Waals surface area contributed by atoms with Crippen LogP contribution < -0.4 is 10.1 Å². The van der Waals surface area contributed by atoms with Gasteiger partial charge in [0.05, 0.1) is 46.3 Å². The van der Waals surface area contributed by atoms with E-state index in [1.54, 1.807) is 12.1 Å². The zero-order chi connectivity index (χ0) is 29.2. The summed E-state index contributed by atoms with van der Waals surface area (Å²) in [6.07, 6.45) is 0. The summed E-state index contributed by atoms with van der Waals surface area (Å²) in [5, 5.41) is 2.56. The maximum absolute atomic E-state index is 15.2. The van der Waals surface area contributed by atoms with Crippen LogP contribution in [0.5, 0.6) is 5.75 Å². The van der Waals surface area contributed by atoms with Crippen LogP contribution in [0.4, 0.5) is 4.39 Å². The first-order valence-electron chi connectivity index (χ1n) is 11.9. The Labute approximate surface area is 235 Å². The van der Waals surface area contributed by atoms with Crippen LogP contribution in [-0.4, -0.2) is 66.4 Å². The largest absolute Gasteiger partial charge is 0.497 e. The molecule has 0 aliphatic carbocycles. The molecule has 1 atom stereocenters. The van der Waals surface area contributed by atoms with Gasteiger partial charge in [-0.1, -0.05) is 23.7 Å². The van der Waals surface area contributed by atoms with Crippen molar-refractivity contribution in [2.75, 3.05) is 37.6 Å².